The zero-order valence-electron chi connectivity index (χ0n) is 12.6. The summed E-state index contributed by atoms with van der Waals surface area (Å²) >= 11 is 0. The fourth-order valence-electron chi connectivity index (χ4n) is 3.56. The molecule has 3 N–H and O–H groups in total. The Kier molecular flexibility index (Phi) is 5.02. The molecule has 1 saturated carbocycles. The minimum atomic E-state index is -0.0602. The van der Waals surface area contributed by atoms with Gasteiger partial charge in [0.25, 0.3) is 0 Å². The van der Waals surface area contributed by atoms with Crippen molar-refractivity contribution in [3.05, 3.63) is 0 Å². The molecular weight excluding hydrogens is 254 g/mol. The smallest absolute Gasteiger partial charge is 0.227 e. The van der Waals surface area contributed by atoms with E-state index >= 15 is 0 Å². The van der Waals surface area contributed by atoms with Crippen LogP contribution >= 0.6 is 0 Å². The van der Waals surface area contributed by atoms with Gasteiger partial charge in [-0.3, -0.25) is 9.59 Å². The summed E-state index contributed by atoms with van der Waals surface area (Å²) in [6, 6.07) is -0.0309. The first-order valence-electron chi connectivity index (χ1n) is 7.80. The van der Waals surface area contributed by atoms with Crippen molar-refractivity contribution in [1.82, 2.24) is 10.2 Å². The Morgan fingerprint density at radius 1 is 1.20 bits per heavy atom. The Bertz CT molecular complexity index is 372. The van der Waals surface area contributed by atoms with Crippen LogP contribution < -0.4 is 11.1 Å². The Balaban J connectivity index is 1.99. The van der Waals surface area contributed by atoms with Crippen LogP contribution in [0.1, 0.15) is 39.0 Å². The Morgan fingerprint density at radius 2 is 1.95 bits per heavy atom. The van der Waals surface area contributed by atoms with Gasteiger partial charge in [0.2, 0.25) is 11.8 Å². The summed E-state index contributed by atoms with van der Waals surface area (Å²) in [4.78, 5) is 26.3. The van der Waals surface area contributed by atoms with Crippen LogP contribution in [-0.4, -0.2) is 42.9 Å². The number of carbonyl (C=O) groups is 2. The van der Waals surface area contributed by atoms with E-state index in [2.05, 4.69) is 12.2 Å². The van der Waals surface area contributed by atoms with E-state index in [-0.39, 0.29) is 29.7 Å². The summed E-state index contributed by atoms with van der Waals surface area (Å²) in [5.74, 6) is 0.510. The van der Waals surface area contributed by atoms with Crippen LogP contribution in [0.25, 0.3) is 0 Å². The molecule has 1 heterocycles. The first-order chi connectivity index (χ1) is 9.54. The quantitative estimate of drug-likeness (QED) is 0.783. The van der Waals surface area contributed by atoms with Crippen LogP contribution in [0.15, 0.2) is 0 Å². The van der Waals surface area contributed by atoms with Gasteiger partial charge in [0.1, 0.15) is 0 Å². The van der Waals surface area contributed by atoms with E-state index in [1.807, 2.05) is 4.90 Å². The van der Waals surface area contributed by atoms with Gasteiger partial charge in [-0.25, -0.2) is 0 Å². The maximum absolute atomic E-state index is 12.7. The maximum atomic E-state index is 12.7. The van der Waals surface area contributed by atoms with Crippen molar-refractivity contribution in [1.29, 1.82) is 0 Å². The van der Waals surface area contributed by atoms with Crippen LogP contribution in [0.2, 0.25) is 0 Å². The summed E-state index contributed by atoms with van der Waals surface area (Å²) < 4.78 is 0. The number of piperidine rings is 1. The molecule has 5 nitrogen and oxygen atoms in total. The number of nitrogens with zero attached hydrogens (tertiary/aromatic N) is 1. The fraction of sp³-hybridized carbons (Fsp3) is 0.867. The van der Waals surface area contributed by atoms with Gasteiger partial charge in [-0.1, -0.05) is 13.3 Å². The highest BCUT2D eigenvalue weighted by atomic mass is 16.2. The average molecular weight is 281 g/mol. The predicted octanol–water partition coefficient (Wildman–Crippen LogP) is 0.735. The number of nitrogens with one attached hydrogen (secondary N) is 1. The van der Waals surface area contributed by atoms with Crippen LogP contribution in [0.4, 0.5) is 0 Å². The zero-order valence-corrected chi connectivity index (χ0v) is 12.6. The number of rotatable bonds is 2. The largest absolute Gasteiger partial charge is 0.359 e. The summed E-state index contributed by atoms with van der Waals surface area (Å²) in [6.07, 6.45) is 4.87. The molecule has 0 aromatic carbocycles. The van der Waals surface area contributed by atoms with Gasteiger partial charge >= 0.3 is 0 Å². The number of carbonyl (C=O) groups excluding carboxylic acids is 2. The molecule has 1 aliphatic heterocycles. The molecule has 5 heteroatoms. The molecule has 0 spiro atoms. The second-order valence-corrected chi connectivity index (χ2v) is 6.33. The summed E-state index contributed by atoms with van der Waals surface area (Å²) in [7, 11) is 1.65. The summed E-state index contributed by atoms with van der Waals surface area (Å²) in [6.45, 7) is 3.45. The lowest BCUT2D eigenvalue weighted by molar-refractivity contribution is -0.141. The third-order valence-electron chi connectivity index (χ3n) is 4.96. The van der Waals surface area contributed by atoms with Gasteiger partial charge in [-0.15, -0.1) is 0 Å². The van der Waals surface area contributed by atoms with Crippen LogP contribution in [0.3, 0.4) is 0 Å². The maximum Gasteiger partial charge on any atom is 0.227 e. The standard InChI is InChI=1S/C15H27N3O2/c1-10-5-3-7-12(13(10)16)15(20)18-8-4-6-11(9-18)14(19)17-2/h10-13H,3-9,16H2,1-2H3,(H,17,19). The van der Waals surface area contributed by atoms with Gasteiger partial charge < -0.3 is 16.0 Å². The lowest BCUT2D eigenvalue weighted by Gasteiger charge is -2.39. The first-order valence-corrected chi connectivity index (χ1v) is 7.80. The summed E-state index contributed by atoms with van der Waals surface area (Å²) in [5.41, 5.74) is 6.22. The van der Waals surface area contributed by atoms with E-state index in [1.165, 1.54) is 0 Å². The monoisotopic (exact) mass is 281 g/mol. The van der Waals surface area contributed by atoms with Gasteiger partial charge in [-0.05, 0) is 31.6 Å². The Hall–Kier alpha value is -1.10. The number of amides is 2. The molecule has 20 heavy (non-hydrogen) atoms. The zero-order chi connectivity index (χ0) is 14.7. The molecule has 1 aliphatic carbocycles. The Morgan fingerprint density at radius 3 is 2.65 bits per heavy atom. The normalized spacial score (nSPS) is 34.6. The number of hydrogen-bond donors (Lipinski definition) is 2. The highest BCUT2D eigenvalue weighted by Crippen LogP contribution is 2.30. The first kappa shape index (κ1) is 15.3. The van der Waals surface area contributed by atoms with Gasteiger partial charge in [0, 0.05) is 26.2 Å². The Labute approximate surface area is 121 Å². The second-order valence-electron chi connectivity index (χ2n) is 6.33. The molecule has 0 bridgehead atoms. The minimum absolute atomic E-state index is 0.0309. The van der Waals surface area contributed by atoms with Crippen molar-refractivity contribution in [2.45, 2.75) is 45.1 Å². The highest BCUT2D eigenvalue weighted by molar-refractivity contribution is 5.82. The van der Waals surface area contributed by atoms with Crippen molar-refractivity contribution in [3.63, 3.8) is 0 Å². The third kappa shape index (κ3) is 3.14. The van der Waals surface area contributed by atoms with Crippen molar-refractivity contribution in [2.24, 2.45) is 23.5 Å². The van der Waals surface area contributed by atoms with Crippen LogP contribution in [0.5, 0.6) is 0 Å². The molecule has 2 aliphatic rings. The number of likely N-dealkylation sites (tertiary alicyclic amines) is 1. The van der Waals surface area contributed by atoms with Gasteiger partial charge in [0.15, 0.2) is 0 Å². The lowest BCUT2D eigenvalue weighted by atomic mass is 9.77. The van der Waals surface area contributed by atoms with Crippen molar-refractivity contribution >= 4 is 11.8 Å². The lowest BCUT2D eigenvalue weighted by Crippen LogP contribution is -2.52. The molecule has 1 saturated heterocycles. The van der Waals surface area contributed by atoms with E-state index in [0.717, 1.165) is 38.6 Å². The summed E-state index contributed by atoms with van der Waals surface area (Å²) in [5, 5.41) is 2.69. The van der Waals surface area contributed by atoms with Gasteiger partial charge in [0.05, 0.1) is 11.8 Å². The molecule has 4 atom stereocenters. The number of nitrogens with two attached hydrogens (primary N) is 1. The van der Waals surface area contributed by atoms with Crippen LogP contribution in [-0.2, 0) is 9.59 Å². The molecule has 114 valence electrons. The fourth-order valence-corrected chi connectivity index (χ4v) is 3.56. The topological polar surface area (TPSA) is 75.4 Å². The van der Waals surface area contributed by atoms with Gasteiger partial charge in [-0.2, -0.15) is 0 Å². The van der Waals surface area contributed by atoms with E-state index in [9.17, 15) is 9.59 Å². The predicted molar refractivity (Wildman–Crippen MR) is 77.9 cm³/mol. The van der Waals surface area contributed by atoms with E-state index in [1.54, 1.807) is 7.05 Å². The SMILES string of the molecule is CNC(=O)C1CCCN(C(=O)C2CCCC(C)C2N)C1. The van der Waals surface area contributed by atoms with E-state index in [4.69, 9.17) is 5.73 Å². The molecule has 0 aromatic rings. The molecule has 2 amide bonds. The molecule has 4 unspecified atom stereocenters. The third-order valence-corrected chi connectivity index (χ3v) is 4.96. The molecule has 2 fully saturated rings. The van der Waals surface area contributed by atoms with E-state index in [0.29, 0.717) is 12.5 Å². The minimum Gasteiger partial charge on any atom is -0.359 e. The molecule has 0 radical (unpaired) electrons. The number of hydrogen-bond acceptors (Lipinski definition) is 3. The van der Waals surface area contributed by atoms with Crippen molar-refractivity contribution in [3.8, 4) is 0 Å². The highest BCUT2D eigenvalue weighted by Gasteiger charge is 2.37. The second kappa shape index (κ2) is 6.57. The molecule has 0 aromatic heterocycles. The average Bonchev–Trinajstić information content (AvgIpc) is 2.48. The van der Waals surface area contributed by atoms with Crippen molar-refractivity contribution in [2.75, 3.05) is 20.1 Å². The molecule has 2 rings (SSSR count). The van der Waals surface area contributed by atoms with Crippen molar-refractivity contribution < 1.29 is 9.59 Å². The molecular formula is C15H27N3O2. The van der Waals surface area contributed by atoms with E-state index < -0.39 is 0 Å². The van der Waals surface area contributed by atoms with Crippen LogP contribution in [0, 0.1) is 17.8 Å².